The minimum Gasteiger partial charge on any atom is -0.393 e. The Hall–Kier alpha value is -1.88. The number of nitrogens with one attached hydrogen (secondary N) is 1. The molecule has 5 heteroatoms. The van der Waals surface area contributed by atoms with E-state index in [-0.39, 0.29) is 6.10 Å². The molecule has 4 rings (SSSR count). The van der Waals surface area contributed by atoms with Crippen molar-refractivity contribution in [1.29, 1.82) is 0 Å². The number of aromatic nitrogens is 2. The molecule has 3 aromatic rings. The first-order chi connectivity index (χ1) is 13.2. The Bertz CT molecular complexity index is 907. The summed E-state index contributed by atoms with van der Waals surface area (Å²) in [5.74, 6) is 0.494. The Kier molecular flexibility index (Phi) is 5.77. The highest BCUT2D eigenvalue weighted by Crippen LogP contribution is 2.29. The summed E-state index contributed by atoms with van der Waals surface area (Å²) in [6.45, 7) is 2.90. The van der Waals surface area contributed by atoms with Gasteiger partial charge in [-0.3, -0.25) is 0 Å². The molecule has 2 atom stereocenters. The summed E-state index contributed by atoms with van der Waals surface area (Å²) >= 11 is 6.17. The molecule has 4 nitrogen and oxygen atoms in total. The SMILES string of the molecule is O[C@H]1CCCNCC(CCn2cnc3c(-c4cccc(Cl)c4)cccc32)C1. The molecule has 1 unspecified atom stereocenters. The van der Waals surface area contributed by atoms with Crippen LogP contribution in [0.3, 0.4) is 0 Å². The molecule has 2 heterocycles. The molecule has 2 N–H and O–H groups in total. The van der Waals surface area contributed by atoms with E-state index < -0.39 is 0 Å². The van der Waals surface area contributed by atoms with Gasteiger partial charge in [0.25, 0.3) is 0 Å². The van der Waals surface area contributed by atoms with E-state index in [0.717, 1.165) is 72.5 Å². The van der Waals surface area contributed by atoms with Gasteiger partial charge in [0.1, 0.15) is 0 Å². The van der Waals surface area contributed by atoms with Crippen LogP contribution in [0, 0.1) is 5.92 Å². The number of rotatable bonds is 4. The topological polar surface area (TPSA) is 50.1 Å². The first kappa shape index (κ1) is 18.5. The second kappa shape index (κ2) is 8.42. The van der Waals surface area contributed by atoms with Crippen molar-refractivity contribution >= 4 is 22.6 Å². The predicted molar refractivity (Wildman–Crippen MR) is 111 cm³/mol. The lowest BCUT2D eigenvalue weighted by molar-refractivity contribution is 0.119. The molecule has 0 aliphatic carbocycles. The van der Waals surface area contributed by atoms with Crippen LogP contribution >= 0.6 is 11.6 Å². The van der Waals surface area contributed by atoms with Gasteiger partial charge in [0.2, 0.25) is 0 Å². The normalized spacial score (nSPS) is 21.1. The Morgan fingerprint density at radius 2 is 2.11 bits per heavy atom. The number of hydrogen-bond acceptors (Lipinski definition) is 3. The van der Waals surface area contributed by atoms with Crippen molar-refractivity contribution in [2.24, 2.45) is 5.92 Å². The van der Waals surface area contributed by atoms with Crippen LogP contribution in [0.25, 0.3) is 22.2 Å². The summed E-state index contributed by atoms with van der Waals surface area (Å²) in [7, 11) is 0. The number of fused-ring (bicyclic) bond motifs is 1. The molecule has 0 radical (unpaired) electrons. The predicted octanol–water partition coefficient (Wildman–Crippen LogP) is 4.50. The van der Waals surface area contributed by atoms with Gasteiger partial charge in [-0.1, -0.05) is 35.9 Å². The number of benzene rings is 2. The number of nitrogens with zero attached hydrogens (tertiary/aromatic N) is 2. The maximum Gasteiger partial charge on any atom is 0.0963 e. The molecular formula is C22H26ClN3O. The van der Waals surface area contributed by atoms with Gasteiger partial charge in [0.05, 0.1) is 23.5 Å². The molecule has 1 aliphatic heterocycles. The van der Waals surface area contributed by atoms with Crippen LogP contribution < -0.4 is 5.32 Å². The number of aryl methyl sites for hydroxylation is 1. The van der Waals surface area contributed by atoms with E-state index >= 15 is 0 Å². The summed E-state index contributed by atoms with van der Waals surface area (Å²) in [5, 5.41) is 14.4. The van der Waals surface area contributed by atoms with Crippen molar-refractivity contribution in [1.82, 2.24) is 14.9 Å². The highest BCUT2D eigenvalue weighted by Gasteiger charge is 2.17. The molecule has 142 valence electrons. The van der Waals surface area contributed by atoms with Crippen LogP contribution in [0.2, 0.25) is 5.02 Å². The van der Waals surface area contributed by atoms with Gasteiger partial charge >= 0.3 is 0 Å². The van der Waals surface area contributed by atoms with E-state index in [1.807, 2.05) is 24.5 Å². The number of hydrogen-bond donors (Lipinski definition) is 2. The summed E-state index contributed by atoms with van der Waals surface area (Å²) in [6.07, 6.45) is 5.66. The fourth-order valence-corrected chi connectivity index (χ4v) is 4.24. The summed E-state index contributed by atoms with van der Waals surface area (Å²) in [4.78, 5) is 4.69. The standard InChI is InChI=1S/C22H26ClN3O/c23-18-5-1-4-17(13-18)20-7-2-8-21-22(20)25-15-26(21)11-9-16-12-19(27)6-3-10-24-14-16/h1-2,4-5,7-8,13,15-16,19,24,27H,3,6,9-12,14H2/t16?,19-/m0/s1. The molecule has 1 fully saturated rings. The first-order valence-corrected chi connectivity index (χ1v) is 10.2. The van der Waals surface area contributed by atoms with Crippen molar-refractivity contribution in [3.63, 3.8) is 0 Å². The second-order valence-electron chi connectivity index (χ2n) is 7.51. The van der Waals surface area contributed by atoms with Crippen LogP contribution in [0.1, 0.15) is 25.7 Å². The van der Waals surface area contributed by atoms with Gasteiger partial charge in [-0.05, 0) is 68.5 Å². The van der Waals surface area contributed by atoms with Crippen molar-refractivity contribution in [3.8, 4) is 11.1 Å². The molecule has 0 bridgehead atoms. The van der Waals surface area contributed by atoms with Crippen molar-refractivity contribution in [2.75, 3.05) is 13.1 Å². The van der Waals surface area contributed by atoms with Crippen LogP contribution in [0.4, 0.5) is 0 Å². The van der Waals surface area contributed by atoms with Gasteiger partial charge in [0, 0.05) is 17.1 Å². The number of halogens is 1. The third kappa shape index (κ3) is 4.34. The highest BCUT2D eigenvalue weighted by atomic mass is 35.5. The molecule has 0 amide bonds. The molecule has 0 saturated carbocycles. The van der Waals surface area contributed by atoms with Crippen molar-refractivity contribution < 1.29 is 5.11 Å². The van der Waals surface area contributed by atoms with E-state index in [2.05, 4.69) is 34.1 Å². The third-order valence-corrected chi connectivity index (χ3v) is 5.73. The smallest absolute Gasteiger partial charge is 0.0963 e. The number of para-hydroxylation sites is 1. The lowest BCUT2D eigenvalue weighted by Gasteiger charge is -2.24. The average Bonchev–Trinajstić information content (AvgIpc) is 3.06. The number of aliphatic hydroxyl groups excluding tert-OH is 1. The molecule has 1 aliphatic rings. The van der Waals surface area contributed by atoms with Gasteiger partial charge in [-0.25, -0.2) is 4.98 Å². The molecule has 1 aromatic heterocycles. The lowest BCUT2D eigenvalue weighted by Crippen LogP contribution is -2.31. The Morgan fingerprint density at radius 1 is 1.22 bits per heavy atom. The first-order valence-electron chi connectivity index (χ1n) is 9.79. The zero-order valence-electron chi connectivity index (χ0n) is 15.4. The van der Waals surface area contributed by atoms with E-state index in [1.165, 1.54) is 0 Å². The van der Waals surface area contributed by atoms with Crippen LogP contribution in [-0.2, 0) is 6.54 Å². The molecular weight excluding hydrogens is 358 g/mol. The third-order valence-electron chi connectivity index (χ3n) is 5.49. The highest BCUT2D eigenvalue weighted by molar-refractivity contribution is 6.30. The fourth-order valence-electron chi connectivity index (χ4n) is 4.05. The minimum absolute atomic E-state index is 0.161. The van der Waals surface area contributed by atoms with Gasteiger partial charge in [-0.15, -0.1) is 0 Å². The quantitative estimate of drug-likeness (QED) is 0.697. The van der Waals surface area contributed by atoms with Gasteiger partial charge < -0.3 is 15.0 Å². The maximum atomic E-state index is 10.1. The monoisotopic (exact) mass is 383 g/mol. The number of aliphatic hydroxyl groups is 1. The Balaban J connectivity index is 1.54. The van der Waals surface area contributed by atoms with E-state index in [4.69, 9.17) is 16.6 Å². The van der Waals surface area contributed by atoms with E-state index in [9.17, 15) is 5.11 Å². The molecule has 1 saturated heterocycles. The minimum atomic E-state index is -0.161. The van der Waals surface area contributed by atoms with E-state index in [1.54, 1.807) is 0 Å². The van der Waals surface area contributed by atoms with Gasteiger partial charge in [-0.2, -0.15) is 0 Å². The van der Waals surface area contributed by atoms with Gasteiger partial charge in [0.15, 0.2) is 0 Å². The number of imidazole rings is 1. The molecule has 0 spiro atoms. The average molecular weight is 384 g/mol. The molecule has 27 heavy (non-hydrogen) atoms. The van der Waals surface area contributed by atoms with Crippen LogP contribution in [0.5, 0.6) is 0 Å². The van der Waals surface area contributed by atoms with E-state index in [0.29, 0.717) is 5.92 Å². The summed E-state index contributed by atoms with van der Waals surface area (Å²) < 4.78 is 2.23. The molecule has 2 aromatic carbocycles. The van der Waals surface area contributed by atoms with Crippen LogP contribution in [-0.4, -0.2) is 33.9 Å². The van der Waals surface area contributed by atoms with Crippen molar-refractivity contribution in [3.05, 3.63) is 53.8 Å². The largest absolute Gasteiger partial charge is 0.393 e. The zero-order chi connectivity index (χ0) is 18.6. The zero-order valence-corrected chi connectivity index (χ0v) is 16.2. The Morgan fingerprint density at radius 3 is 3.00 bits per heavy atom. The fraction of sp³-hybridized carbons (Fsp3) is 0.409. The summed E-state index contributed by atoms with van der Waals surface area (Å²) in [5.41, 5.74) is 4.35. The second-order valence-corrected chi connectivity index (χ2v) is 7.95. The van der Waals surface area contributed by atoms with Crippen molar-refractivity contribution in [2.45, 2.75) is 38.3 Å². The maximum absolute atomic E-state index is 10.1. The summed E-state index contributed by atoms with van der Waals surface area (Å²) in [6, 6.07) is 14.2. The van der Waals surface area contributed by atoms with Crippen LogP contribution in [0.15, 0.2) is 48.8 Å². The lowest BCUT2D eigenvalue weighted by atomic mass is 9.94. The Labute approximate surface area is 165 Å².